The summed E-state index contributed by atoms with van der Waals surface area (Å²) >= 11 is 0. The first kappa shape index (κ1) is 35.8. The lowest BCUT2D eigenvalue weighted by molar-refractivity contribution is -0.185. The SMILES string of the molecule is CC(CCC(=O)O)[C@H]1CCC2C3C(CC[C@@]21C)[C@@]1(C)CC[C@@H](OC(=O)COC(=O)CCC(CP(=O)(O)O)C(=O)O)CC1C[C@@H]3O. The van der Waals surface area contributed by atoms with Crippen molar-refractivity contribution in [3.8, 4) is 0 Å². The maximum atomic E-state index is 12.5. The number of hydrogen-bond donors (Lipinski definition) is 5. The molecule has 4 rings (SSSR count). The molecule has 0 radical (unpaired) electrons. The summed E-state index contributed by atoms with van der Waals surface area (Å²) in [5.74, 6) is -3.18. The van der Waals surface area contributed by atoms with Crippen molar-refractivity contribution >= 4 is 31.5 Å². The Morgan fingerprint density at radius 1 is 0.889 bits per heavy atom. The molecule has 0 aliphatic heterocycles. The number of carboxylic acid groups (broad SMARTS) is 2. The summed E-state index contributed by atoms with van der Waals surface area (Å²) in [7, 11) is -4.57. The van der Waals surface area contributed by atoms with Gasteiger partial charge in [0.15, 0.2) is 6.61 Å². The lowest BCUT2D eigenvalue weighted by Crippen LogP contribution is -2.58. The van der Waals surface area contributed by atoms with Crippen molar-refractivity contribution in [2.45, 2.75) is 110 Å². The molecule has 11 atom stereocenters. The molecule has 0 spiro atoms. The quantitative estimate of drug-likeness (QED) is 0.139. The van der Waals surface area contributed by atoms with Crippen molar-refractivity contribution in [1.29, 1.82) is 0 Å². The zero-order valence-electron chi connectivity index (χ0n) is 26.6. The molecule has 4 fully saturated rings. The van der Waals surface area contributed by atoms with E-state index >= 15 is 0 Å². The molecule has 5 N–H and O–H groups in total. The second-order valence-electron chi connectivity index (χ2n) is 14.9. The Morgan fingerprint density at radius 3 is 2.20 bits per heavy atom. The third-order valence-electron chi connectivity index (χ3n) is 12.4. The predicted molar refractivity (Wildman–Crippen MR) is 161 cm³/mol. The minimum Gasteiger partial charge on any atom is -0.481 e. The van der Waals surface area contributed by atoms with Gasteiger partial charge in [-0.2, -0.15) is 0 Å². The van der Waals surface area contributed by atoms with Gasteiger partial charge in [-0.25, -0.2) is 4.79 Å². The van der Waals surface area contributed by atoms with Crippen LogP contribution in [0.4, 0.5) is 0 Å². The summed E-state index contributed by atoms with van der Waals surface area (Å²) in [6.45, 7) is 6.27. The lowest BCUT2D eigenvalue weighted by Gasteiger charge is -2.62. The van der Waals surface area contributed by atoms with Gasteiger partial charge in [-0.05, 0) is 111 Å². The molecule has 6 unspecified atom stereocenters. The fourth-order valence-corrected chi connectivity index (χ4v) is 11.0. The lowest BCUT2D eigenvalue weighted by atomic mass is 9.43. The molecule has 45 heavy (non-hydrogen) atoms. The van der Waals surface area contributed by atoms with Crippen LogP contribution in [0.25, 0.3) is 0 Å². The van der Waals surface area contributed by atoms with Crippen LogP contribution in [0.3, 0.4) is 0 Å². The van der Waals surface area contributed by atoms with E-state index in [0.29, 0.717) is 49.4 Å². The van der Waals surface area contributed by atoms with Crippen LogP contribution >= 0.6 is 7.60 Å². The van der Waals surface area contributed by atoms with E-state index in [9.17, 15) is 34.0 Å². The van der Waals surface area contributed by atoms with E-state index in [1.54, 1.807) is 0 Å². The summed E-state index contributed by atoms with van der Waals surface area (Å²) in [4.78, 5) is 65.1. The van der Waals surface area contributed by atoms with E-state index in [2.05, 4.69) is 20.8 Å². The number of carboxylic acids is 2. The topological polar surface area (TPSA) is 205 Å². The highest BCUT2D eigenvalue weighted by atomic mass is 31.2. The smallest absolute Gasteiger partial charge is 0.344 e. The highest BCUT2D eigenvalue weighted by Crippen LogP contribution is 2.68. The monoisotopic (exact) mass is 658 g/mol. The normalized spacial score (nSPS) is 37.3. The second kappa shape index (κ2) is 14.0. The van der Waals surface area contributed by atoms with E-state index in [0.717, 1.165) is 32.1 Å². The molecule has 0 aromatic rings. The van der Waals surface area contributed by atoms with Crippen LogP contribution in [0.1, 0.15) is 97.8 Å². The van der Waals surface area contributed by atoms with Gasteiger partial charge < -0.3 is 34.6 Å². The standard InChI is InChI=1S/C32H51O12P/c1-18(4-8-26(34)35)22-6-7-23-29-24(11-13-32(22,23)3)31(2)12-10-21(14-20(31)15-25(29)33)44-28(37)16-43-27(36)9-5-19(30(38)39)17-45(40,41)42/h18-25,29,33H,4-17H2,1-3H3,(H,34,35)(H,38,39)(H2,40,41,42)/t18?,19?,20?,21-,22-,23?,24?,25+,29?,31+,32-/m1/s1. The van der Waals surface area contributed by atoms with Crippen molar-refractivity contribution in [2.24, 2.45) is 52.3 Å². The third kappa shape index (κ3) is 8.11. The molecule has 0 saturated heterocycles. The molecule has 4 aliphatic rings. The second-order valence-corrected chi connectivity index (χ2v) is 16.6. The van der Waals surface area contributed by atoms with Gasteiger partial charge in [0.25, 0.3) is 0 Å². The molecule has 256 valence electrons. The molecule has 4 aliphatic carbocycles. The summed E-state index contributed by atoms with van der Waals surface area (Å²) in [5.41, 5.74) is 0.114. The molecule has 0 aromatic carbocycles. The third-order valence-corrected chi connectivity index (χ3v) is 13.3. The number of aliphatic carboxylic acids is 2. The first-order valence-corrected chi connectivity index (χ1v) is 18.3. The zero-order chi connectivity index (χ0) is 33.3. The van der Waals surface area contributed by atoms with Gasteiger partial charge in [0.2, 0.25) is 0 Å². The first-order valence-electron chi connectivity index (χ1n) is 16.5. The minimum atomic E-state index is -4.57. The Labute approximate surface area is 264 Å². The number of carbonyl (C=O) groups excluding carboxylic acids is 2. The van der Waals surface area contributed by atoms with Crippen molar-refractivity contribution in [2.75, 3.05) is 12.8 Å². The zero-order valence-corrected chi connectivity index (χ0v) is 27.5. The van der Waals surface area contributed by atoms with E-state index in [1.165, 1.54) is 0 Å². The summed E-state index contributed by atoms with van der Waals surface area (Å²) < 4.78 is 21.8. The van der Waals surface area contributed by atoms with Gasteiger partial charge in [0.05, 0.1) is 18.2 Å². The molecule has 0 heterocycles. The van der Waals surface area contributed by atoms with E-state index in [1.807, 2.05) is 0 Å². The van der Waals surface area contributed by atoms with Crippen molar-refractivity contribution in [1.82, 2.24) is 0 Å². The molecular formula is C32H51O12P. The Kier molecular flexibility index (Phi) is 11.1. The van der Waals surface area contributed by atoms with E-state index < -0.39 is 62.7 Å². The van der Waals surface area contributed by atoms with Gasteiger partial charge in [-0.3, -0.25) is 18.9 Å². The predicted octanol–water partition coefficient (Wildman–Crippen LogP) is 4.23. The number of hydrogen-bond acceptors (Lipinski definition) is 8. The van der Waals surface area contributed by atoms with Crippen LogP contribution in [-0.4, -0.2) is 74.0 Å². The summed E-state index contributed by atoms with van der Waals surface area (Å²) in [5, 5.41) is 29.9. The van der Waals surface area contributed by atoms with Crippen LogP contribution in [-0.2, 0) is 33.2 Å². The number of ether oxygens (including phenoxy) is 2. The van der Waals surface area contributed by atoms with E-state index in [4.69, 9.17) is 24.4 Å². The Bertz CT molecular complexity index is 1170. The first-order chi connectivity index (χ1) is 20.9. The summed E-state index contributed by atoms with van der Waals surface area (Å²) in [6.07, 6.45) is 5.50. The van der Waals surface area contributed by atoms with Crippen LogP contribution in [0.15, 0.2) is 0 Å². The number of rotatable bonds is 13. The van der Waals surface area contributed by atoms with E-state index in [-0.39, 0.29) is 41.6 Å². The Balaban J connectivity index is 1.29. The molecule has 0 aromatic heterocycles. The number of esters is 2. The van der Waals surface area contributed by atoms with Crippen LogP contribution in [0, 0.1) is 52.3 Å². The van der Waals surface area contributed by atoms with Crippen molar-refractivity contribution < 1.29 is 58.3 Å². The minimum absolute atomic E-state index is 0.0153. The average Bonchev–Trinajstić information content (AvgIpc) is 3.30. The average molecular weight is 659 g/mol. The largest absolute Gasteiger partial charge is 0.481 e. The molecule has 0 amide bonds. The van der Waals surface area contributed by atoms with Crippen molar-refractivity contribution in [3.05, 3.63) is 0 Å². The van der Waals surface area contributed by atoms with Crippen LogP contribution < -0.4 is 0 Å². The van der Waals surface area contributed by atoms with Gasteiger partial charge in [0, 0.05) is 12.8 Å². The van der Waals surface area contributed by atoms with Crippen molar-refractivity contribution in [3.63, 3.8) is 0 Å². The molecule has 12 nitrogen and oxygen atoms in total. The molecule has 13 heteroatoms. The van der Waals surface area contributed by atoms with Crippen LogP contribution in [0.2, 0.25) is 0 Å². The fraction of sp³-hybridized carbons (Fsp3) is 0.875. The van der Waals surface area contributed by atoms with Gasteiger partial charge in [-0.1, -0.05) is 20.8 Å². The van der Waals surface area contributed by atoms with Gasteiger partial charge >= 0.3 is 31.5 Å². The number of aliphatic hydroxyl groups excluding tert-OH is 1. The highest BCUT2D eigenvalue weighted by Gasteiger charge is 2.63. The highest BCUT2D eigenvalue weighted by molar-refractivity contribution is 7.51. The Morgan fingerprint density at radius 2 is 1.56 bits per heavy atom. The Hall–Kier alpha value is -2.01. The fourth-order valence-electron chi connectivity index (χ4n) is 10.1. The van der Waals surface area contributed by atoms with Gasteiger partial charge in [0.1, 0.15) is 6.10 Å². The van der Waals surface area contributed by atoms with Gasteiger partial charge in [-0.15, -0.1) is 0 Å². The number of carbonyl (C=O) groups is 4. The number of aliphatic hydroxyl groups is 1. The molecule has 4 saturated carbocycles. The maximum Gasteiger partial charge on any atom is 0.344 e. The maximum absolute atomic E-state index is 12.5. The molecule has 0 bridgehead atoms. The number of fused-ring (bicyclic) bond motifs is 5. The summed E-state index contributed by atoms with van der Waals surface area (Å²) in [6, 6.07) is 0. The van der Waals surface area contributed by atoms with Crippen LogP contribution in [0.5, 0.6) is 0 Å². The molecular weight excluding hydrogens is 607 g/mol.